The number of hydrogen-bond acceptors (Lipinski definition) is 6. The van der Waals surface area contributed by atoms with E-state index in [1.54, 1.807) is 11.3 Å². The van der Waals surface area contributed by atoms with E-state index in [9.17, 15) is 9.90 Å². The Kier molecular flexibility index (Phi) is 7.46. The highest BCUT2D eigenvalue weighted by Crippen LogP contribution is 2.28. The molecular weight excluding hydrogens is 472 g/mol. The molecule has 1 atom stereocenters. The maximum atomic E-state index is 13.0. The van der Waals surface area contributed by atoms with Gasteiger partial charge in [-0.1, -0.05) is 48.5 Å². The molecule has 7 nitrogen and oxygen atoms in total. The Balaban J connectivity index is 1.09. The zero-order valence-electron chi connectivity index (χ0n) is 20.3. The van der Waals surface area contributed by atoms with Gasteiger partial charge in [0.2, 0.25) is 0 Å². The van der Waals surface area contributed by atoms with Gasteiger partial charge < -0.3 is 20.1 Å². The Morgan fingerprint density at radius 1 is 1.06 bits per heavy atom. The summed E-state index contributed by atoms with van der Waals surface area (Å²) >= 11 is 1.66. The van der Waals surface area contributed by atoms with Crippen LogP contribution in [-0.4, -0.2) is 71.4 Å². The normalized spacial score (nSPS) is 15.1. The molecule has 0 saturated carbocycles. The number of para-hydroxylation sites is 1. The second kappa shape index (κ2) is 11.1. The number of aliphatic hydroxyl groups is 1. The van der Waals surface area contributed by atoms with Crippen LogP contribution in [0.15, 0.2) is 72.8 Å². The smallest absolute Gasteiger partial charge is 0.321 e. The molecule has 36 heavy (non-hydrogen) atoms. The van der Waals surface area contributed by atoms with E-state index in [4.69, 9.17) is 4.74 Å². The molecule has 1 aliphatic rings. The summed E-state index contributed by atoms with van der Waals surface area (Å²) in [5.41, 5.74) is 3.79. The number of aromatic nitrogens is 1. The van der Waals surface area contributed by atoms with Crippen LogP contribution >= 0.6 is 11.3 Å². The highest BCUT2D eigenvalue weighted by Gasteiger charge is 2.23. The SMILES string of the molecule is Cc1nc2cc(OC[C@H](O)CN3CCN(C(=O)Nc4ccccc4-c4ccccc4)CC3)ccc2s1. The van der Waals surface area contributed by atoms with E-state index in [2.05, 4.69) is 15.2 Å². The molecule has 2 N–H and O–H groups in total. The van der Waals surface area contributed by atoms with Crippen molar-refractivity contribution in [3.8, 4) is 16.9 Å². The van der Waals surface area contributed by atoms with Crippen molar-refractivity contribution in [3.63, 3.8) is 0 Å². The Morgan fingerprint density at radius 2 is 1.81 bits per heavy atom. The van der Waals surface area contributed by atoms with Crippen LogP contribution in [0, 0.1) is 6.92 Å². The second-order valence-corrected chi connectivity index (χ2v) is 10.2. The number of ether oxygens (including phenoxy) is 1. The predicted octanol–water partition coefficient (Wildman–Crippen LogP) is 4.86. The lowest BCUT2D eigenvalue weighted by atomic mass is 10.0. The lowest BCUT2D eigenvalue weighted by Crippen LogP contribution is -2.52. The van der Waals surface area contributed by atoms with E-state index in [-0.39, 0.29) is 12.6 Å². The molecule has 5 rings (SSSR count). The number of β-amino-alcohol motifs (C(OH)–C–C–N with tert-alkyl or cyclic N) is 1. The molecule has 2 amide bonds. The number of rotatable bonds is 7. The highest BCUT2D eigenvalue weighted by molar-refractivity contribution is 7.18. The molecule has 0 unspecified atom stereocenters. The van der Waals surface area contributed by atoms with Crippen molar-refractivity contribution < 1.29 is 14.6 Å². The molecule has 4 aromatic rings. The van der Waals surface area contributed by atoms with Gasteiger partial charge in [0, 0.05) is 44.4 Å². The number of nitrogens with zero attached hydrogens (tertiary/aromatic N) is 3. The number of carbonyl (C=O) groups excluding carboxylic acids is 1. The first-order valence-electron chi connectivity index (χ1n) is 12.2. The highest BCUT2D eigenvalue weighted by atomic mass is 32.1. The Bertz CT molecular complexity index is 1320. The molecule has 2 heterocycles. The second-order valence-electron chi connectivity index (χ2n) is 8.96. The zero-order valence-corrected chi connectivity index (χ0v) is 21.1. The molecule has 8 heteroatoms. The van der Waals surface area contributed by atoms with Crippen LogP contribution in [0.5, 0.6) is 5.75 Å². The quantitative estimate of drug-likeness (QED) is 0.377. The number of urea groups is 1. The number of anilines is 1. The minimum atomic E-state index is -0.615. The van der Waals surface area contributed by atoms with Crippen molar-refractivity contribution in [1.29, 1.82) is 0 Å². The van der Waals surface area contributed by atoms with E-state index in [0.29, 0.717) is 38.5 Å². The van der Waals surface area contributed by atoms with E-state index >= 15 is 0 Å². The standard InChI is InChI=1S/C28H30N4O3S/c1-20-29-26-17-23(11-12-27(26)36-20)35-19-22(33)18-31-13-15-32(16-14-31)28(34)30-25-10-6-5-9-24(25)21-7-3-2-4-8-21/h2-12,17,22,33H,13-16,18-19H2,1H3,(H,30,34)/t22-/m1/s1. The maximum absolute atomic E-state index is 13.0. The molecule has 0 bridgehead atoms. The number of nitrogens with one attached hydrogen (secondary N) is 1. The van der Waals surface area contributed by atoms with Gasteiger partial charge in [-0.15, -0.1) is 11.3 Å². The summed E-state index contributed by atoms with van der Waals surface area (Å²) in [5, 5.41) is 14.6. The molecule has 0 radical (unpaired) electrons. The predicted molar refractivity (Wildman–Crippen MR) is 145 cm³/mol. The van der Waals surface area contributed by atoms with Crippen molar-refractivity contribution in [3.05, 3.63) is 77.8 Å². The first-order chi connectivity index (χ1) is 17.5. The number of amides is 2. The number of hydrogen-bond donors (Lipinski definition) is 2. The minimum Gasteiger partial charge on any atom is -0.491 e. The van der Waals surface area contributed by atoms with Gasteiger partial charge in [-0.25, -0.2) is 9.78 Å². The Hall–Kier alpha value is -3.46. The summed E-state index contributed by atoms with van der Waals surface area (Å²) < 4.78 is 6.94. The van der Waals surface area contributed by atoms with Crippen molar-refractivity contribution in [1.82, 2.24) is 14.8 Å². The molecule has 0 spiro atoms. The van der Waals surface area contributed by atoms with Crippen molar-refractivity contribution in [2.45, 2.75) is 13.0 Å². The Labute approximate surface area is 215 Å². The summed E-state index contributed by atoms with van der Waals surface area (Å²) in [5.74, 6) is 0.712. The number of thiazole rings is 1. The van der Waals surface area contributed by atoms with Gasteiger partial charge in [-0.05, 0) is 30.7 Å². The summed E-state index contributed by atoms with van der Waals surface area (Å²) in [7, 11) is 0. The van der Waals surface area contributed by atoms with E-state index in [1.165, 1.54) is 0 Å². The first-order valence-corrected chi connectivity index (χ1v) is 13.0. The zero-order chi connectivity index (χ0) is 24.9. The van der Waals surface area contributed by atoms with Crippen molar-refractivity contribution in [2.24, 2.45) is 0 Å². The fourth-order valence-corrected chi connectivity index (χ4v) is 5.25. The fourth-order valence-electron chi connectivity index (χ4n) is 4.44. The first kappa shape index (κ1) is 24.2. The summed E-state index contributed by atoms with van der Waals surface area (Å²) in [4.78, 5) is 21.4. The number of benzene rings is 3. The van der Waals surface area contributed by atoms with Gasteiger partial charge in [0.1, 0.15) is 18.5 Å². The Morgan fingerprint density at radius 3 is 2.61 bits per heavy atom. The van der Waals surface area contributed by atoms with Crippen LogP contribution in [0.25, 0.3) is 21.3 Å². The van der Waals surface area contributed by atoms with E-state index in [1.807, 2.05) is 84.6 Å². The third kappa shape index (κ3) is 5.84. The number of fused-ring (bicyclic) bond motifs is 1. The number of aliphatic hydroxyl groups excluding tert-OH is 1. The van der Waals surface area contributed by atoms with Crippen LogP contribution in [-0.2, 0) is 0 Å². The number of carbonyl (C=O) groups is 1. The minimum absolute atomic E-state index is 0.102. The number of aryl methyl sites for hydroxylation is 1. The van der Waals surface area contributed by atoms with Crippen LogP contribution in [0.2, 0.25) is 0 Å². The average Bonchev–Trinajstić information content (AvgIpc) is 3.28. The lowest BCUT2D eigenvalue weighted by molar-refractivity contribution is 0.0526. The van der Waals surface area contributed by atoms with Gasteiger partial charge in [0.25, 0.3) is 0 Å². The van der Waals surface area contributed by atoms with Crippen molar-refractivity contribution in [2.75, 3.05) is 44.6 Å². The molecule has 0 aliphatic carbocycles. The van der Waals surface area contributed by atoms with Crippen LogP contribution in [0.1, 0.15) is 5.01 Å². The lowest BCUT2D eigenvalue weighted by Gasteiger charge is -2.35. The fraction of sp³-hybridized carbons (Fsp3) is 0.286. The monoisotopic (exact) mass is 502 g/mol. The van der Waals surface area contributed by atoms with Gasteiger partial charge in [0.05, 0.1) is 20.9 Å². The van der Waals surface area contributed by atoms with Crippen LogP contribution in [0.3, 0.4) is 0 Å². The molecule has 1 saturated heterocycles. The van der Waals surface area contributed by atoms with Gasteiger partial charge in [0.15, 0.2) is 0 Å². The topological polar surface area (TPSA) is 77.9 Å². The van der Waals surface area contributed by atoms with E-state index < -0.39 is 6.10 Å². The summed E-state index contributed by atoms with van der Waals surface area (Å²) in [6.07, 6.45) is -0.615. The van der Waals surface area contributed by atoms with Gasteiger partial charge in [-0.3, -0.25) is 4.90 Å². The third-order valence-corrected chi connectivity index (χ3v) is 7.24. The largest absolute Gasteiger partial charge is 0.491 e. The summed E-state index contributed by atoms with van der Waals surface area (Å²) in [6, 6.07) is 23.6. The molecule has 1 aliphatic heterocycles. The molecule has 1 fully saturated rings. The van der Waals surface area contributed by atoms with Gasteiger partial charge >= 0.3 is 6.03 Å². The van der Waals surface area contributed by atoms with Crippen LogP contribution in [0.4, 0.5) is 10.5 Å². The van der Waals surface area contributed by atoms with Crippen molar-refractivity contribution >= 4 is 33.3 Å². The molecule has 3 aromatic carbocycles. The molecule has 1 aromatic heterocycles. The maximum Gasteiger partial charge on any atom is 0.321 e. The van der Waals surface area contributed by atoms with Crippen LogP contribution < -0.4 is 10.1 Å². The average molecular weight is 503 g/mol. The molecule has 186 valence electrons. The summed E-state index contributed by atoms with van der Waals surface area (Å²) in [6.45, 7) is 5.32. The molecular formula is C28H30N4O3S. The van der Waals surface area contributed by atoms with Gasteiger partial charge in [-0.2, -0.15) is 0 Å². The number of piperazine rings is 1. The van der Waals surface area contributed by atoms with E-state index in [0.717, 1.165) is 32.0 Å². The third-order valence-electron chi connectivity index (χ3n) is 6.29.